The van der Waals surface area contributed by atoms with Gasteiger partial charge in [-0.25, -0.2) is 0 Å². The Balaban J connectivity index is 2.21. The Morgan fingerprint density at radius 3 is 2.40 bits per heavy atom. The molecule has 1 fully saturated rings. The first-order valence-corrected chi connectivity index (χ1v) is 6.31. The van der Waals surface area contributed by atoms with Crippen LogP contribution in [0.4, 0.5) is 0 Å². The predicted octanol–water partition coefficient (Wildman–Crippen LogP) is 2.83. The summed E-state index contributed by atoms with van der Waals surface area (Å²) in [5.74, 6) is 0.788. The zero-order valence-corrected chi connectivity index (χ0v) is 10.8. The molecule has 90 valence electrons. The summed E-state index contributed by atoms with van der Waals surface area (Å²) in [4.78, 5) is 0. The summed E-state index contributed by atoms with van der Waals surface area (Å²) in [5, 5.41) is 3.69. The highest BCUT2D eigenvalue weighted by atomic mass is 16.5. The quantitative estimate of drug-likeness (QED) is 0.758. The van der Waals surface area contributed by atoms with Gasteiger partial charge >= 0.3 is 0 Å². The summed E-state index contributed by atoms with van der Waals surface area (Å²) >= 11 is 0. The van der Waals surface area contributed by atoms with E-state index in [4.69, 9.17) is 4.74 Å². The fourth-order valence-electron chi connectivity index (χ4n) is 2.50. The fraction of sp³-hybridized carbons (Fsp3) is 1.00. The van der Waals surface area contributed by atoms with E-state index in [9.17, 15) is 0 Å². The van der Waals surface area contributed by atoms with Gasteiger partial charge in [0.05, 0.1) is 0 Å². The number of rotatable bonds is 5. The van der Waals surface area contributed by atoms with Gasteiger partial charge in [-0.05, 0) is 30.6 Å². The van der Waals surface area contributed by atoms with Crippen molar-refractivity contribution in [2.75, 3.05) is 19.8 Å². The summed E-state index contributed by atoms with van der Waals surface area (Å²) in [7, 11) is 0. The molecule has 1 aliphatic rings. The first kappa shape index (κ1) is 13.0. The fourth-order valence-corrected chi connectivity index (χ4v) is 2.50. The third kappa shape index (κ3) is 5.53. The van der Waals surface area contributed by atoms with Crippen molar-refractivity contribution in [3.63, 3.8) is 0 Å². The van der Waals surface area contributed by atoms with Crippen LogP contribution in [0.15, 0.2) is 0 Å². The standard InChI is InChI=1S/C13H27NO/c1-11(2)9-13(3,4)10-14-12-5-7-15-8-6-12/h11-12,14H,5-10H2,1-4H3. The maximum atomic E-state index is 5.36. The zero-order valence-electron chi connectivity index (χ0n) is 10.8. The number of ether oxygens (including phenoxy) is 1. The lowest BCUT2D eigenvalue weighted by Crippen LogP contribution is -2.40. The van der Waals surface area contributed by atoms with Crippen molar-refractivity contribution in [2.24, 2.45) is 11.3 Å². The molecule has 2 heteroatoms. The monoisotopic (exact) mass is 213 g/mol. The van der Waals surface area contributed by atoms with E-state index in [0.29, 0.717) is 11.5 Å². The SMILES string of the molecule is CC(C)CC(C)(C)CNC1CCOCC1. The Morgan fingerprint density at radius 1 is 1.27 bits per heavy atom. The summed E-state index contributed by atoms with van der Waals surface area (Å²) in [6.45, 7) is 12.3. The second-order valence-electron chi connectivity index (χ2n) is 6.03. The van der Waals surface area contributed by atoms with Gasteiger partial charge in [0, 0.05) is 25.8 Å². The number of nitrogens with one attached hydrogen (secondary N) is 1. The largest absolute Gasteiger partial charge is 0.381 e. The highest BCUT2D eigenvalue weighted by Crippen LogP contribution is 2.24. The van der Waals surface area contributed by atoms with Gasteiger partial charge < -0.3 is 10.1 Å². The maximum absolute atomic E-state index is 5.36. The number of hydrogen-bond acceptors (Lipinski definition) is 2. The molecule has 0 aromatic carbocycles. The first-order chi connectivity index (χ1) is 6.99. The predicted molar refractivity (Wildman–Crippen MR) is 65.1 cm³/mol. The highest BCUT2D eigenvalue weighted by molar-refractivity contribution is 4.77. The van der Waals surface area contributed by atoms with Gasteiger partial charge in [-0.1, -0.05) is 27.7 Å². The first-order valence-electron chi connectivity index (χ1n) is 6.31. The summed E-state index contributed by atoms with van der Waals surface area (Å²) in [6.07, 6.45) is 3.65. The molecule has 0 spiro atoms. The smallest absolute Gasteiger partial charge is 0.0480 e. The third-order valence-electron chi connectivity index (χ3n) is 3.05. The van der Waals surface area contributed by atoms with Gasteiger partial charge in [-0.3, -0.25) is 0 Å². The minimum absolute atomic E-state index is 0.423. The van der Waals surface area contributed by atoms with Crippen LogP contribution in [0, 0.1) is 11.3 Å². The van der Waals surface area contributed by atoms with Gasteiger partial charge in [-0.2, -0.15) is 0 Å². The van der Waals surface area contributed by atoms with Crippen molar-refractivity contribution in [1.82, 2.24) is 5.32 Å². The van der Waals surface area contributed by atoms with E-state index in [1.807, 2.05) is 0 Å². The topological polar surface area (TPSA) is 21.3 Å². The van der Waals surface area contributed by atoms with Crippen LogP contribution < -0.4 is 5.32 Å². The van der Waals surface area contributed by atoms with E-state index in [0.717, 1.165) is 25.7 Å². The second kappa shape index (κ2) is 5.86. The Bertz CT molecular complexity index is 171. The molecular formula is C13H27NO. The molecule has 0 bridgehead atoms. The Morgan fingerprint density at radius 2 is 1.87 bits per heavy atom. The lowest BCUT2D eigenvalue weighted by Gasteiger charge is -2.31. The minimum atomic E-state index is 0.423. The van der Waals surface area contributed by atoms with E-state index in [1.165, 1.54) is 19.3 Å². The molecule has 1 saturated heterocycles. The van der Waals surface area contributed by atoms with Crippen LogP contribution >= 0.6 is 0 Å². The van der Waals surface area contributed by atoms with Gasteiger partial charge in [-0.15, -0.1) is 0 Å². The molecule has 0 unspecified atom stereocenters. The maximum Gasteiger partial charge on any atom is 0.0480 e. The van der Waals surface area contributed by atoms with Crippen molar-refractivity contribution in [3.05, 3.63) is 0 Å². The van der Waals surface area contributed by atoms with Gasteiger partial charge in [0.1, 0.15) is 0 Å². The zero-order chi connectivity index (χ0) is 11.3. The van der Waals surface area contributed by atoms with E-state index >= 15 is 0 Å². The molecule has 0 saturated carbocycles. The number of hydrogen-bond donors (Lipinski definition) is 1. The molecule has 0 aliphatic carbocycles. The van der Waals surface area contributed by atoms with Crippen LogP contribution in [0.25, 0.3) is 0 Å². The Labute approximate surface area is 94.8 Å². The Kier molecular flexibility index (Phi) is 5.07. The third-order valence-corrected chi connectivity index (χ3v) is 3.05. The van der Waals surface area contributed by atoms with Crippen LogP contribution in [0.5, 0.6) is 0 Å². The molecule has 0 atom stereocenters. The lowest BCUT2D eigenvalue weighted by atomic mass is 9.83. The van der Waals surface area contributed by atoms with Crippen molar-refractivity contribution < 1.29 is 4.74 Å². The van der Waals surface area contributed by atoms with Crippen LogP contribution in [0.1, 0.15) is 47.0 Å². The average molecular weight is 213 g/mol. The van der Waals surface area contributed by atoms with Crippen LogP contribution in [-0.4, -0.2) is 25.8 Å². The van der Waals surface area contributed by atoms with Crippen molar-refractivity contribution in [3.8, 4) is 0 Å². The average Bonchev–Trinajstić information content (AvgIpc) is 2.15. The summed E-state index contributed by atoms with van der Waals surface area (Å²) in [5.41, 5.74) is 0.423. The summed E-state index contributed by atoms with van der Waals surface area (Å²) < 4.78 is 5.36. The minimum Gasteiger partial charge on any atom is -0.381 e. The molecule has 2 nitrogen and oxygen atoms in total. The van der Waals surface area contributed by atoms with Crippen LogP contribution in [0.3, 0.4) is 0 Å². The van der Waals surface area contributed by atoms with Crippen molar-refractivity contribution >= 4 is 0 Å². The molecule has 0 aromatic rings. The van der Waals surface area contributed by atoms with Crippen LogP contribution in [0.2, 0.25) is 0 Å². The van der Waals surface area contributed by atoms with Crippen molar-refractivity contribution in [2.45, 2.75) is 53.0 Å². The Hall–Kier alpha value is -0.0800. The molecular weight excluding hydrogens is 186 g/mol. The lowest BCUT2D eigenvalue weighted by molar-refractivity contribution is 0.0743. The molecule has 1 N–H and O–H groups in total. The molecule has 0 amide bonds. The molecule has 1 heterocycles. The van der Waals surface area contributed by atoms with Crippen molar-refractivity contribution in [1.29, 1.82) is 0 Å². The highest BCUT2D eigenvalue weighted by Gasteiger charge is 2.21. The summed E-state index contributed by atoms with van der Waals surface area (Å²) in [6, 6.07) is 0.685. The van der Waals surface area contributed by atoms with Gasteiger partial charge in [0.25, 0.3) is 0 Å². The molecule has 1 rings (SSSR count). The van der Waals surface area contributed by atoms with Gasteiger partial charge in [0.15, 0.2) is 0 Å². The van der Waals surface area contributed by atoms with Crippen LogP contribution in [-0.2, 0) is 4.74 Å². The van der Waals surface area contributed by atoms with Gasteiger partial charge in [0.2, 0.25) is 0 Å². The van der Waals surface area contributed by atoms with E-state index in [2.05, 4.69) is 33.0 Å². The van der Waals surface area contributed by atoms with E-state index in [-0.39, 0.29) is 0 Å². The molecule has 0 aromatic heterocycles. The second-order valence-corrected chi connectivity index (χ2v) is 6.03. The normalized spacial score (nSPS) is 19.8. The van der Waals surface area contributed by atoms with E-state index < -0.39 is 0 Å². The molecule has 0 radical (unpaired) electrons. The molecule has 15 heavy (non-hydrogen) atoms. The van der Waals surface area contributed by atoms with E-state index in [1.54, 1.807) is 0 Å². The molecule has 1 aliphatic heterocycles.